The number of sulfonamides is 1. The topological polar surface area (TPSA) is 105 Å². The van der Waals surface area contributed by atoms with Crippen molar-refractivity contribution in [2.45, 2.75) is 23.6 Å². The first-order chi connectivity index (χ1) is 9.01. The molecule has 1 heterocycles. The van der Waals surface area contributed by atoms with E-state index in [0.717, 1.165) is 6.26 Å². The second-order valence-electron chi connectivity index (χ2n) is 4.96. The average molecular weight is 321 g/mol. The monoisotopic (exact) mass is 321 g/mol. The Morgan fingerprint density at radius 2 is 1.85 bits per heavy atom. The highest BCUT2D eigenvalue weighted by Crippen LogP contribution is 2.19. The van der Waals surface area contributed by atoms with Crippen LogP contribution in [0.15, 0.2) is 23.4 Å². The summed E-state index contributed by atoms with van der Waals surface area (Å²) < 4.78 is 48.6. The molecule has 2 N–H and O–H groups in total. The molecule has 1 rings (SSSR count). The highest BCUT2D eigenvalue weighted by Gasteiger charge is 2.32. The second-order valence-corrected chi connectivity index (χ2v) is 9.29. The van der Waals surface area contributed by atoms with Crippen LogP contribution < -0.4 is 10.0 Å². The van der Waals surface area contributed by atoms with Gasteiger partial charge in [-0.05, 0) is 26.0 Å². The van der Waals surface area contributed by atoms with Crippen molar-refractivity contribution in [2.24, 2.45) is 0 Å². The number of hydrogen-bond donors (Lipinski definition) is 2. The van der Waals surface area contributed by atoms with Crippen LogP contribution in [0.4, 0.5) is 5.69 Å². The fourth-order valence-corrected chi connectivity index (χ4v) is 3.04. The van der Waals surface area contributed by atoms with E-state index in [1.807, 2.05) is 0 Å². The maximum atomic E-state index is 12.2. The van der Waals surface area contributed by atoms with E-state index in [0.29, 0.717) is 5.69 Å². The highest BCUT2D eigenvalue weighted by molar-refractivity contribution is 7.92. The third-order valence-corrected chi connectivity index (χ3v) is 6.50. The molecule has 114 valence electrons. The molecular weight excluding hydrogens is 302 g/mol. The van der Waals surface area contributed by atoms with E-state index in [4.69, 9.17) is 0 Å². The van der Waals surface area contributed by atoms with E-state index in [1.165, 1.54) is 20.0 Å². The number of nitrogens with zero attached hydrogens (tertiary/aromatic N) is 1. The van der Waals surface area contributed by atoms with Crippen LogP contribution in [0.25, 0.3) is 0 Å². The number of hydrogen-bond acceptors (Lipinski definition) is 6. The molecule has 0 unspecified atom stereocenters. The van der Waals surface area contributed by atoms with Gasteiger partial charge < -0.3 is 5.32 Å². The van der Waals surface area contributed by atoms with Gasteiger partial charge in [0, 0.05) is 26.0 Å². The van der Waals surface area contributed by atoms with Crippen molar-refractivity contribution in [1.82, 2.24) is 9.71 Å². The summed E-state index contributed by atoms with van der Waals surface area (Å²) in [5, 5.41) is 2.57. The number of sulfone groups is 1. The molecule has 0 fully saturated rings. The van der Waals surface area contributed by atoms with Crippen LogP contribution in [0.1, 0.15) is 13.8 Å². The molecule has 1 aromatic rings. The van der Waals surface area contributed by atoms with Gasteiger partial charge in [0.25, 0.3) is 10.0 Å². The van der Waals surface area contributed by atoms with Gasteiger partial charge in [0.15, 0.2) is 14.9 Å². The average Bonchev–Trinajstić information content (AvgIpc) is 2.35. The van der Waals surface area contributed by atoms with Crippen molar-refractivity contribution in [3.8, 4) is 0 Å². The molecule has 0 radical (unpaired) electrons. The predicted octanol–water partition coefficient (Wildman–Crippen LogP) is 0.225. The van der Waals surface area contributed by atoms with Crippen molar-refractivity contribution in [3.63, 3.8) is 0 Å². The lowest BCUT2D eigenvalue weighted by molar-refractivity contribution is 0.536. The third-order valence-electron chi connectivity index (χ3n) is 2.99. The Balaban J connectivity index is 3.03. The molecular formula is C11H19N3O4S2. The van der Waals surface area contributed by atoms with Gasteiger partial charge >= 0.3 is 0 Å². The Morgan fingerprint density at radius 3 is 2.35 bits per heavy atom. The van der Waals surface area contributed by atoms with Crippen molar-refractivity contribution in [1.29, 1.82) is 0 Å². The molecule has 0 aliphatic carbocycles. The van der Waals surface area contributed by atoms with E-state index >= 15 is 0 Å². The Labute approximate surface area is 119 Å². The number of pyridine rings is 1. The minimum Gasteiger partial charge on any atom is -0.386 e. The van der Waals surface area contributed by atoms with Gasteiger partial charge in [-0.2, -0.15) is 0 Å². The molecule has 0 spiro atoms. The second kappa shape index (κ2) is 5.66. The molecule has 20 heavy (non-hydrogen) atoms. The predicted molar refractivity (Wildman–Crippen MR) is 77.9 cm³/mol. The van der Waals surface area contributed by atoms with Crippen molar-refractivity contribution < 1.29 is 16.8 Å². The van der Waals surface area contributed by atoms with Gasteiger partial charge in [-0.3, -0.25) is 0 Å². The quantitative estimate of drug-likeness (QED) is 0.777. The van der Waals surface area contributed by atoms with Crippen LogP contribution in [0.5, 0.6) is 0 Å². The lowest BCUT2D eigenvalue weighted by Crippen LogP contribution is -2.43. The Morgan fingerprint density at radius 1 is 1.25 bits per heavy atom. The summed E-state index contributed by atoms with van der Waals surface area (Å²) in [5.74, 6) is 0. The van der Waals surface area contributed by atoms with Crippen molar-refractivity contribution in [2.75, 3.05) is 25.2 Å². The maximum absolute atomic E-state index is 12.2. The molecule has 1 aromatic heterocycles. The van der Waals surface area contributed by atoms with Gasteiger partial charge in [0.2, 0.25) is 0 Å². The smallest absolute Gasteiger partial charge is 0.260 e. The number of anilines is 1. The zero-order valence-electron chi connectivity index (χ0n) is 11.8. The largest absolute Gasteiger partial charge is 0.386 e. The van der Waals surface area contributed by atoms with Gasteiger partial charge in [-0.1, -0.05) is 0 Å². The summed E-state index contributed by atoms with van der Waals surface area (Å²) in [5.41, 5.74) is 0.345. The molecule has 9 heteroatoms. The van der Waals surface area contributed by atoms with E-state index in [2.05, 4.69) is 15.0 Å². The molecule has 0 saturated carbocycles. The normalized spacial score (nSPS) is 13.2. The fraction of sp³-hybridized carbons (Fsp3) is 0.545. The fourth-order valence-electron chi connectivity index (χ4n) is 1.26. The SMILES string of the molecule is CNc1cccnc1S(=O)(=O)NCC(C)(C)S(C)(=O)=O. The lowest BCUT2D eigenvalue weighted by Gasteiger charge is -2.22. The van der Waals surface area contributed by atoms with Crippen LogP contribution in [0.3, 0.4) is 0 Å². The van der Waals surface area contributed by atoms with Gasteiger partial charge in [-0.15, -0.1) is 0 Å². The number of aromatic nitrogens is 1. The number of rotatable bonds is 6. The van der Waals surface area contributed by atoms with Gasteiger partial charge in [0.05, 0.1) is 10.4 Å². The Bertz CT molecular complexity index is 681. The summed E-state index contributed by atoms with van der Waals surface area (Å²) in [7, 11) is -5.69. The minimum atomic E-state index is -3.88. The zero-order valence-corrected chi connectivity index (χ0v) is 13.5. The first kappa shape index (κ1) is 16.9. The lowest BCUT2D eigenvalue weighted by atomic mass is 10.2. The summed E-state index contributed by atoms with van der Waals surface area (Å²) in [4.78, 5) is 3.82. The Hall–Kier alpha value is -1.19. The molecule has 0 aromatic carbocycles. The number of nitrogens with one attached hydrogen (secondary N) is 2. The maximum Gasteiger partial charge on any atom is 0.260 e. The summed E-state index contributed by atoms with van der Waals surface area (Å²) in [6.07, 6.45) is 2.43. The summed E-state index contributed by atoms with van der Waals surface area (Å²) in [6, 6.07) is 3.18. The van der Waals surface area contributed by atoms with E-state index in [-0.39, 0.29) is 11.6 Å². The molecule has 0 aliphatic heterocycles. The first-order valence-corrected chi connectivity index (χ1v) is 9.21. The standard InChI is InChI=1S/C11H19N3O4S2/c1-11(2,19(4,15)16)8-14-20(17,18)10-9(12-3)6-5-7-13-10/h5-7,12,14H,8H2,1-4H3. The van der Waals surface area contributed by atoms with E-state index < -0.39 is 24.6 Å². The van der Waals surface area contributed by atoms with Crippen molar-refractivity contribution in [3.05, 3.63) is 18.3 Å². The minimum absolute atomic E-state index is 0.160. The van der Waals surface area contributed by atoms with Crippen LogP contribution in [-0.2, 0) is 19.9 Å². The molecule has 0 amide bonds. The van der Waals surface area contributed by atoms with Crippen LogP contribution >= 0.6 is 0 Å². The first-order valence-electron chi connectivity index (χ1n) is 5.83. The van der Waals surface area contributed by atoms with Crippen molar-refractivity contribution >= 4 is 25.5 Å². The van der Waals surface area contributed by atoms with Crippen LogP contribution in [0, 0.1) is 0 Å². The highest BCUT2D eigenvalue weighted by atomic mass is 32.2. The summed E-state index contributed by atoms with van der Waals surface area (Å²) >= 11 is 0. The molecule has 0 atom stereocenters. The van der Waals surface area contributed by atoms with Gasteiger partial charge in [0.1, 0.15) is 0 Å². The summed E-state index contributed by atoms with van der Waals surface area (Å²) in [6.45, 7) is 2.69. The van der Waals surface area contributed by atoms with Crippen LogP contribution in [-0.4, -0.2) is 46.4 Å². The van der Waals surface area contributed by atoms with Crippen LogP contribution in [0.2, 0.25) is 0 Å². The zero-order chi connectivity index (χ0) is 15.6. The molecule has 0 aliphatic rings. The Kier molecular flexibility index (Phi) is 4.78. The third kappa shape index (κ3) is 3.68. The van der Waals surface area contributed by atoms with E-state index in [1.54, 1.807) is 19.2 Å². The molecule has 7 nitrogen and oxygen atoms in total. The van der Waals surface area contributed by atoms with Gasteiger partial charge in [-0.25, -0.2) is 26.5 Å². The molecule has 0 saturated heterocycles. The van der Waals surface area contributed by atoms with E-state index in [9.17, 15) is 16.8 Å². The molecule has 0 bridgehead atoms.